The molecule has 0 aliphatic heterocycles. The highest BCUT2D eigenvalue weighted by atomic mass is 79.9. The molecule has 0 bridgehead atoms. The molecular formula is C18H29BrN2. The number of hydrogen-bond donors (Lipinski definition) is 1. The Balaban J connectivity index is 1.90. The summed E-state index contributed by atoms with van der Waals surface area (Å²) in [5.41, 5.74) is 1.39. The Hall–Kier alpha value is -0.380. The highest BCUT2D eigenvalue weighted by Crippen LogP contribution is 2.28. The van der Waals surface area contributed by atoms with Gasteiger partial charge in [0.1, 0.15) is 0 Å². The molecule has 1 aliphatic rings. The molecule has 1 saturated carbocycles. The zero-order valence-corrected chi connectivity index (χ0v) is 15.0. The van der Waals surface area contributed by atoms with E-state index in [1.54, 1.807) is 0 Å². The van der Waals surface area contributed by atoms with Gasteiger partial charge >= 0.3 is 0 Å². The second kappa shape index (κ2) is 8.92. The van der Waals surface area contributed by atoms with E-state index >= 15 is 0 Å². The van der Waals surface area contributed by atoms with E-state index < -0.39 is 0 Å². The second-order valence-corrected chi connectivity index (χ2v) is 6.96. The van der Waals surface area contributed by atoms with Crippen LogP contribution in [-0.4, -0.2) is 31.1 Å². The topological polar surface area (TPSA) is 15.3 Å². The van der Waals surface area contributed by atoms with Crippen LogP contribution in [0.3, 0.4) is 0 Å². The van der Waals surface area contributed by atoms with Crippen LogP contribution in [0.4, 0.5) is 0 Å². The molecule has 0 spiro atoms. The quantitative estimate of drug-likeness (QED) is 0.697. The Morgan fingerprint density at radius 1 is 1.29 bits per heavy atom. The fourth-order valence-corrected chi connectivity index (χ4v) is 3.66. The van der Waals surface area contributed by atoms with Crippen LogP contribution in [0.15, 0.2) is 28.7 Å². The van der Waals surface area contributed by atoms with E-state index in [4.69, 9.17) is 0 Å². The first-order chi connectivity index (χ1) is 10.2. The van der Waals surface area contributed by atoms with Crippen LogP contribution in [0.1, 0.15) is 51.1 Å². The molecule has 1 aromatic carbocycles. The highest BCUT2D eigenvalue weighted by Gasteiger charge is 2.21. The molecule has 1 N–H and O–H groups in total. The number of halogens is 1. The minimum absolute atomic E-state index is 0.445. The first-order valence-electron chi connectivity index (χ1n) is 8.44. The third-order valence-electron chi connectivity index (χ3n) is 4.65. The minimum atomic E-state index is 0.445. The Labute approximate surface area is 138 Å². The van der Waals surface area contributed by atoms with Crippen LogP contribution in [0.25, 0.3) is 0 Å². The minimum Gasteiger partial charge on any atom is -0.310 e. The lowest BCUT2D eigenvalue weighted by atomic mass is 9.85. The molecule has 3 heteroatoms. The van der Waals surface area contributed by atoms with Crippen molar-refractivity contribution in [2.24, 2.45) is 5.92 Å². The third kappa shape index (κ3) is 5.08. The van der Waals surface area contributed by atoms with Gasteiger partial charge in [0.05, 0.1) is 0 Å². The van der Waals surface area contributed by atoms with Gasteiger partial charge in [-0.3, -0.25) is 0 Å². The van der Waals surface area contributed by atoms with E-state index in [0.29, 0.717) is 6.04 Å². The fraction of sp³-hybridized carbons (Fsp3) is 0.667. The second-order valence-electron chi connectivity index (χ2n) is 6.11. The smallest absolute Gasteiger partial charge is 0.0343 e. The molecular weight excluding hydrogens is 324 g/mol. The van der Waals surface area contributed by atoms with Crippen molar-refractivity contribution in [1.29, 1.82) is 0 Å². The van der Waals surface area contributed by atoms with Crippen molar-refractivity contribution in [2.75, 3.05) is 26.2 Å². The standard InChI is InChI=1S/C18H29BrN2/c1-3-20-18(16-10-5-6-11-17(16)19)12-13-21(4-2)14-15-8-7-9-15/h5-6,10-11,15,18,20H,3-4,7-9,12-14H2,1-2H3. The number of rotatable bonds is 9. The van der Waals surface area contributed by atoms with Gasteiger partial charge in [0.15, 0.2) is 0 Å². The van der Waals surface area contributed by atoms with Gasteiger partial charge in [-0.25, -0.2) is 0 Å². The van der Waals surface area contributed by atoms with Crippen molar-refractivity contribution in [2.45, 2.75) is 45.6 Å². The fourth-order valence-electron chi connectivity index (χ4n) is 3.10. The van der Waals surface area contributed by atoms with Crippen LogP contribution in [0.2, 0.25) is 0 Å². The van der Waals surface area contributed by atoms with Gasteiger partial charge in [-0.1, -0.05) is 54.4 Å². The summed E-state index contributed by atoms with van der Waals surface area (Å²) < 4.78 is 1.22. The SMILES string of the molecule is CCNC(CCN(CC)CC1CCC1)c1ccccc1Br. The van der Waals surface area contributed by atoms with E-state index in [1.165, 1.54) is 55.4 Å². The summed E-state index contributed by atoms with van der Waals surface area (Å²) in [5, 5.41) is 3.64. The van der Waals surface area contributed by atoms with Crippen molar-refractivity contribution in [3.8, 4) is 0 Å². The van der Waals surface area contributed by atoms with Crippen LogP contribution < -0.4 is 5.32 Å². The molecule has 0 radical (unpaired) electrons. The monoisotopic (exact) mass is 352 g/mol. The number of benzene rings is 1. The molecule has 0 heterocycles. The summed E-state index contributed by atoms with van der Waals surface area (Å²) >= 11 is 3.70. The number of nitrogens with one attached hydrogen (secondary N) is 1. The summed E-state index contributed by atoms with van der Waals surface area (Å²) in [6, 6.07) is 9.05. The summed E-state index contributed by atoms with van der Waals surface area (Å²) in [6.45, 7) is 9.15. The van der Waals surface area contributed by atoms with Gasteiger partial charge in [-0.05, 0) is 56.4 Å². The molecule has 0 aromatic heterocycles. The maximum Gasteiger partial charge on any atom is 0.0343 e. The molecule has 1 aliphatic carbocycles. The van der Waals surface area contributed by atoms with Crippen molar-refractivity contribution in [1.82, 2.24) is 10.2 Å². The third-order valence-corrected chi connectivity index (χ3v) is 5.38. The van der Waals surface area contributed by atoms with Crippen molar-refractivity contribution >= 4 is 15.9 Å². The number of nitrogens with zero attached hydrogens (tertiary/aromatic N) is 1. The molecule has 0 amide bonds. The summed E-state index contributed by atoms with van der Waals surface area (Å²) in [5.74, 6) is 0.964. The molecule has 1 unspecified atom stereocenters. The largest absolute Gasteiger partial charge is 0.310 e. The lowest BCUT2D eigenvalue weighted by Crippen LogP contribution is -2.35. The van der Waals surface area contributed by atoms with Crippen molar-refractivity contribution < 1.29 is 0 Å². The van der Waals surface area contributed by atoms with Crippen LogP contribution in [-0.2, 0) is 0 Å². The zero-order valence-electron chi connectivity index (χ0n) is 13.4. The Bertz CT molecular complexity index is 417. The molecule has 2 rings (SSSR count). The summed E-state index contributed by atoms with van der Waals surface area (Å²) in [7, 11) is 0. The molecule has 0 saturated heterocycles. The Kier molecular flexibility index (Phi) is 7.21. The lowest BCUT2D eigenvalue weighted by molar-refractivity contribution is 0.177. The zero-order chi connectivity index (χ0) is 15.1. The van der Waals surface area contributed by atoms with E-state index in [1.807, 2.05) is 0 Å². The number of hydrogen-bond acceptors (Lipinski definition) is 2. The predicted molar refractivity (Wildman–Crippen MR) is 94.6 cm³/mol. The van der Waals surface area contributed by atoms with Crippen LogP contribution >= 0.6 is 15.9 Å². The summed E-state index contributed by atoms with van der Waals surface area (Å²) in [4.78, 5) is 2.63. The normalized spacial score (nSPS) is 17.0. The summed E-state index contributed by atoms with van der Waals surface area (Å²) in [6.07, 6.45) is 5.50. The average molecular weight is 353 g/mol. The molecule has 118 valence electrons. The van der Waals surface area contributed by atoms with Gasteiger partial charge in [-0.2, -0.15) is 0 Å². The van der Waals surface area contributed by atoms with E-state index in [0.717, 1.165) is 12.5 Å². The molecule has 2 nitrogen and oxygen atoms in total. The first-order valence-corrected chi connectivity index (χ1v) is 9.24. The van der Waals surface area contributed by atoms with Gasteiger partial charge in [-0.15, -0.1) is 0 Å². The van der Waals surface area contributed by atoms with Gasteiger partial charge in [0, 0.05) is 17.1 Å². The first kappa shape index (κ1) is 17.0. The molecule has 1 fully saturated rings. The van der Waals surface area contributed by atoms with E-state index in [2.05, 4.69) is 64.3 Å². The van der Waals surface area contributed by atoms with Gasteiger partial charge < -0.3 is 10.2 Å². The Morgan fingerprint density at radius 2 is 2.05 bits per heavy atom. The average Bonchev–Trinajstić information content (AvgIpc) is 2.45. The van der Waals surface area contributed by atoms with Gasteiger partial charge in [0.2, 0.25) is 0 Å². The molecule has 21 heavy (non-hydrogen) atoms. The predicted octanol–water partition coefficient (Wildman–Crippen LogP) is 4.61. The van der Waals surface area contributed by atoms with E-state index in [-0.39, 0.29) is 0 Å². The maximum atomic E-state index is 3.70. The van der Waals surface area contributed by atoms with E-state index in [9.17, 15) is 0 Å². The lowest BCUT2D eigenvalue weighted by Gasteiger charge is -2.32. The van der Waals surface area contributed by atoms with Crippen molar-refractivity contribution in [3.05, 3.63) is 34.3 Å². The molecule has 1 atom stereocenters. The Morgan fingerprint density at radius 3 is 2.62 bits per heavy atom. The van der Waals surface area contributed by atoms with Crippen LogP contribution in [0.5, 0.6) is 0 Å². The van der Waals surface area contributed by atoms with Crippen LogP contribution in [0, 0.1) is 5.92 Å². The van der Waals surface area contributed by atoms with Crippen molar-refractivity contribution in [3.63, 3.8) is 0 Å². The maximum absolute atomic E-state index is 3.70. The van der Waals surface area contributed by atoms with Gasteiger partial charge in [0.25, 0.3) is 0 Å². The molecule has 1 aromatic rings. The highest BCUT2D eigenvalue weighted by molar-refractivity contribution is 9.10.